The molecular weight excluding hydrogens is 129 g/mol. The van der Waals surface area contributed by atoms with E-state index in [1.54, 1.807) is 6.92 Å². The standard InChI is InChI=1S/C8H18FN/c1-7(2)8(3,9)5-4-6-10/h7H,4-6,10H2,1-3H3. The molecule has 10 heavy (non-hydrogen) atoms. The molecule has 0 aliphatic rings. The molecule has 0 aromatic carbocycles. The van der Waals surface area contributed by atoms with Gasteiger partial charge >= 0.3 is 0 Å². The minimum absolute atomic E-state index is 0.0963. The van der Waals surface area contributed by atoms with Crippen LogP contribution in [0.4, 0.5) is 4.39 Å². The second-order valence-corrected chi connectivity index (χ2v) is 3.33. The highest BCUT2D eigenvalue weighted by Crippen LogP contribution is 2.26. The Morgan fingerprint density at radius 1 is 1.50 bits per heavy atom. The quantitative estimate of drug-likeness (QED) is 0.647. The zero-order valence-electron chi connectivity index (χ0n) is 7.15. The number of nitrogens with two attached hydrogens (primary N) is 1. The molecule has 62 valence electrons. The lowest BCUT2D eigenvalue weighted by molar-refractivity contribution is 0.110. The SMILES string of the molecule is CC(C)C(C)(F)CCCN. The molecule has 2 heteroatoms. The Morgan fingerprint density at radius 2 is 2.00 bits per heavy atom. The molecule has 0 rings (SSSR count). The highest BCUT2D eigenvalue weighted by atomic mass is 19.1. The Labute approximate surface area is 62.8 Å². The zero-order valence-corrected chi connectivity index (χ0v) is 7.15. The summed E-state index contributed by atoms with van der Waals surface area (Å²) >= 11 is 0. The second kappa shape index (κ2) is 3.91. The van der Waals surface area contributed by atoms with Gasteiger partial charge in [0.2, 0.25) is 0 Å². The molecule has 0 aromatic heterocycles. The average molecular weight is 147 g/mol. The molecule has 1 unspecified atom stereocenters. The van der Waals surface area contributed by atoms with E-state index in [4.69, 9.17) is 5.73 Å². The summed E-state index contributed by atoms with van der Waals surface area (Å²) < 4.78 is 13.3. The first kappa shape index (κ1) is 9.89. The van der Waals surface area contributed by atoms with E-state index < -0.39 is 5.67 Å². The lowest BCUT2D eigenvalue weighted by atomic mass is 9.90. The summed E-state index contributed by atoms with van der Waals surface area (Å²) in [6.07, 6.45) is 1.37. The number of halogens is 1. The number of hydrogen-bond acceptors (Lipinski definition) is 1. The van der Waals surface area contributed by atoms with Gasteiger partial charge in [-0.25, -0.2) is 4.39 Å². The van der Waals surface area contributed by atoms with Crippen LogP contribution in [0.25, 0.3) is 0 Å². The van der Waals surface area contributed by atoms with Crippen LogP contribution in [0.5, 0.6) is 0 Å². The number of hydrogen-bond donors (Lipinski definition) is 1. The summed E-state index contributed by atoms with van der Waals surface area (Å²) in [5.74, 6) is 0.0963. The fourth-order valence-corrected chi connectivity index (χ4v) is 0.736. The van der Waals surface area contributed by atoms with Crippen LogP contribution in [0.3, 0.4) is 0 Å². The smallest absolute Gasteiger partial charge is 0.110 e. The topological polar surface area (TPSA) is 26.0 Å². The van der Waals surface area contributed by atoms with E-state index in [0.29, 0.717) is 13.0 Å². The average Bonchev–Trinajstić information content (AvgIpc) is 1.84. The molecule has 2 N–H and O–H groups in total. The van der Waals surface area contributed by atoms with Crippen LogP contribution < -0.4 is 5.73 Å². The number of alkyl halides is 1. The lowest BCUT2D eigenvalue weighted by Crippen LogP contribution is -2.26. The van der Waals surface area contributed by atoms with Crippen molar-refractivity contribution in [2.45, 2.75) is 39.3 Å². The van der Waals surface area contributed by atoms with Crippen molar-refractivity contribution in [3.8, 4) is 0 Å². The van der Waals surface area contributed by atoms with Gasteiger partial charge in [0.1, 0.15) is 5.67 Å². The fraction of sp³-hybridized carbons (Fsp3) is 1.00. The third kappa shape index (κ3) is 3.16. The molecule has 0 aliphatic carbocycles. The molecule has 0 radical (unpaired) electrons. The van der Waals surface area contributed by atoms with Crippen LogP contribution in [-0.2, 0) is 0 Å². The van der Waals surface area contributed by atoms with Gasteiger partial charge in [0.25, 0.3) is 0 Å². The van der Waals surface area contributed by atoms with Crippen molar-refractivity contribution in [3.63, 3.8) is 0 Å². The van der Waals surface area contributed by atoms with Crippen LogP contribution in [0.2, 0.25) is 0 Å². The maximum absolute atomic E-state index is 13.3. The first-order valence-electron chi connectivity index (χ1n) is 3.89. The van der Waals surface area contributed by atoms with Crippen LogP contribution in [0.15, 0.2) is 0 Å². The molecular formula is C8H18FN. The molecule has 1 atom stereocenters. The summed E-state index contributed by atoms with van der Waals surface area (Å²) in [6, 6.07) is 0. The van der Waals surface area contributed by atoms with Crippen molar-refractivity contribution in [1.82, 2.24) is 0 Å². The van der Waals surface area contributed by atoms with Gasteiger partial charge in [-0.1, -0.05) is 13.8 Å². The maximum atomic E-state index is 13.3. The van der Waals surface area contributed by atoms with Gasteiger partial charge < -0.3 is 5.73 Å². The van der Waals surface area contributed by atoms with Crippen LogP contribution in [-0.4, -0.2) is 12.2 Å². The van der Waals surface area contributed by atoms with Gasteiger partial charge in [-0.05, 0) is 32.2 Å². The molecule has 0 aliphatic heterocycles. The summed E-state index contributed by atoms with van der Waals surface area (Å²) in [6.45, 7) is 6.03. The molecule has 0 aromatic rings. The molecule has 0 bridgehead atoms. The van der Waals surface area contributed by atoms with Crippen LogP contribution in [0, 0.1) is 5.92 Å². The van der Waals surface area contributed by atoms with Crippen molar-refractivity contribution in [3.05, 3.63) is 0 Å². The minimum atomic E-state index is -1.03. The van der Waals surface area contributed by atoms with Crippen LogP contribution in [0.1, 0.15) is 33.6 Å². The third-order valence-corrected chi connectivity index (χ3v) is 2.07. The molecule has 0 saturated carbocycles. The normalized spacial score (nSPS) is 17.4. The largest absolute Gasteiger partial charge is 0.330 e. The highest BCUT2D eigenvalue weighted by Gasteiger charge is 2.26. The predicted octanol–water partition coefficient (Wildman–Crippen LogP) is 2.11. The number of rotatable bonds is 4. The lowest BCUT2D eigenvalue weighted by Gasteiger charge is -2.24. The maximum Gasteiger partial charge on any atom is 0.110 e. The van der Waals surface area contributed by atoms with E-state index in [9.17, 15) is 4.39 Å². The predicted molar refractivity (Wildman–Crippen MR) is 42.6 cm³/mol. The van der Waals surface area contributed by atoms with Gasteiger partial charge in [-0.15, -0.1) is 0 Å². The molecule has 0 saturated heterocycles. The van der Waals surface area contributed by atoms with Crippen LogP contribution >= 0.6 is 0 Å². The van der Waals surface area contributed by atoms with Gasteiger partial charge in [0.15, 0.2) is 0 Å². The Hall–Kier alpha value is -0.110. The molecule has 1 nitrogen and oxygen atoms in total. The van der Waals surface area contributed by atoms with E-state index in [1.165, 1.54) is 0 Å². The Balaban J connectivity index is 3.63. The third-order valence-electron chi connectivity index (χ3n) is 2.07. The summed E-state index contributed by atoms with van der Waals surface area (Å²) in [7, 11) is 0. The van der Waals surface area contributed by atoms with Gasteiger partial charge in [-0.2, -0.15) is 0 Å². The summed E-state index contributed by atoms with van der Waals surface area (Å²) in [4.78, 5) is 0. The fourth-order valence-electron chi connectivity index (χ4n) is 0.736. The monoisotopic (exact) mass is 147 g/mol. The Kier molecular flexibility index (Phi) is 3.87. The van der Waals surface area contributed by atoms with Gasteiger partial charge in [-0.3, -0.25) is 0 Å². The first-order chi connectivity index (χ1) is 4.50. The Morgan fingerprint density at radius 3 is 2.30 bits per heavy atom. The van der Waals surface area contributed by atoms with E-state index in [2.05, 4.69) is 0 Å². The zero-order chi connectivity index (χ0) is 8.20. The van der Waals surface area contributed by atoms with Crippen molar-refractivity contribution in [2.75, 3.05) is 6.54 Å². The van der Waals surface area contributed by atoms with E-state index in [0.717, 1.165) is 6.42 Å². The van der Waals surface area contributed by atoms with Crippen molar-refractivity contribution in [1.29, 1.82) is 0 Å². The molecule has 0 fully saturated rings. The second-order valence-electron chi connectivity index (χ2n) is 3.33. The van der Waals surface area contributed by atoms with Gasteiger partial charge in [0.05, 0.1) is 0 Å². The van der Waals surface area contributed by atoms with E-state index in [-0.39, 0.29) is 5.92 Å². The highest BCUT2D eigenvalue weighted by molar-refractivity contribution is 4.76. The summed E-state index contributed by atoms with van der Waals surface area (Å²) in [5, 5.41) is 0. The van der Waals surface area contributed by atoms with Crippen molar-refractivity contribution >= 4 is 0 Å². The molecule has 0 amide bonds. The molecule has 0 spiro atoms. The van der Waals surface area contributed by atoms with Crippen molar-refractivity contribution in [2.24, 2.45) is 11.7 Å². The first-order valence-corrected chi connectivity index (χ1v) is 3.89. The minimum Gasteiger partial charge on any atom is -0.330 e. The van der Waals surface area contributed by atoms with Gasteiger partial charge in [0, 0.05) is 0 Å². The Bertz CT molecular complexity index is 89.3. The van der Waals surface area contributed by atoms with E-state index >= 15 is 0 Å². The summed E-state index contributed by atoms with van der Waals surface area (Å²) in [5.41, 5.74) is 4.24. The molecule has 0 heterocycles. The van der Waals surface area contributed by atoms with Crippen molar-refractivity contribution < 1.29 is 4.39 Å². The van der Waals surface area contributed by atoms with E-state index in [1.807, 2.05) is 13.8 Å².